The maximum atomic E-state index is 9.62. The molecule has 1 aliphatic rings. The van der Waals surface area contributed by atoms with Gasteiger partial charge in [0, 0.05) is 11.7 Å². The largest absolute Gasteiger partial charge is 0.394 e. The van der Waals surface area contributed by atoms with E-state index in [1.165, 1.54) is 17.3 Å². The van der Waals surface area contributed by atoms with Crippen LogP contribution in [0.1, 0.15) is 30.1 Å². The number of benzene rings is 1. The van der Waals surface area contributed by atoms with Gasteiger partial charge in [-0.1, -0.05) is 42.1 Å². The first-order chi connectivity index (χ1) is 11.8. The van der Waals surface area contributed by atoms with Crippen LogP contribution in [0.5, 0.6) is 0 Å². The van der Waals surface area contributed by atoms with Crippen LogP contribution in [0.4, 0.5) is 0 Å². The summed E-state index contributed by atoms with van der Waals surface area (Å²) in [5.74, 6) is 1.86. The van der Waals surface area contributed by atoms with Gasteiger partial charge in [-0.3, -0.25) is 0 Å². The van der Waals surface area contributed by atoms with Crippen LogP contribution in [0.3, 0.4) is 0 Å². The molecular formula is C17H25ClN4O2S. The summed E-state index contributed by atoms with van der Waals surface area (Å²) < 4.78 is 2.17. The fourth-order valence-corrected chi connectivity index (χ4v) is 3.79. The summed E-state index contributed by atoms with van der Waals surface area (Å²) in [5.41, 5.74) is 1.21. The highest BCUT2D eigenvalue weighted by molar-refractivity contribution is 7.99. The van der Waals surface area contributed by atoms with Crippen molar-refractivity contribution in [2.75, 3.05) is 25.4 Å². The fourth-order valence-electron chi connectivity index (χ4n) is 2.93. The van der Waals surface area contributed by atoms with Crippen molar-refractivity contribution in [3.05, 3.63) is 41.7 Å². The molecule has 1 unspecified atom stereocenters. The second kappa shape index (κ2) is 10.1. The number of aromatic nitrogens is 3. The first-order valence-corrected chi connectivity index (χ1v) is 9.36. The molecule has 3 N–H and O–H groups in total. The van der Waals surface area contributed by atoms with Gasteiger partial charge in [0.05, 0.1) is 19.3 Å². The number of hydrogen-bond donors (Lipinski definition) is 3. The van der Waals surface area contributed by atoms with Gasteiger partial charge in [-0.15, -0.1) is 22.6 Å². The average Bonchev–Trinajstić information content (AvgIpc) is 3.04. The van der Waals surface area contributed by atoms with Crippen molar-refractivity contribution in [1.82, 2.24) is 20.1 Å². The van der Waals surface area contributed by atoms with Gasteiger partial charge in [0.1, 0.15) is 5.82 Å². The monoisotopic (exact) mass is 384 g/mol. The first-order valence-electron chi connectivity index (χ1n) is 8.37. The molecule has 25 heavy (non-hydrogen) atoms. The lowest BCUT2D eigenvalue weighted by Crippen LogP contribution is -2.28. The predicted molar refractivity (Wildman–Crippen MR) is 101 cm³/mol. The molecule has 0 amide bonds. The molecule has 1 aliphatic heterocycles. The van der Waals surface area contributed by atoms with E-state index in [9.17, 15) is 5.11 Å². The van der Waals surface area contributed by atoms with Crippen LogP contribution in [-0.4, -0.2) is 56.5 Å². The van der Waals surface area contributed by atoms with E-state index in [0.717, 1.165) is 43.5 Å². The van der Waals surface area contributed by atoms with E-state index in [1.54, 1.807) is 0 Å². The average molecular weight is 385 g/mol. The number of halogens is 1. The summed E-state index contributed by atoms with van der Waals surface area (Å²) >= 11 is 1.45. The lowest BCUT2D eigenvalue weighted by molar-refractivity contribution is 0.113. The van der Waals surface area contributed by atoms with E-state index in [2.05, 4.69) is 32.2 Å². The molecule has 0 aliphatic carbocycles. The van der Waals surface area contributed by atoms with Crippen LogP contribution in [0.2, 0.25) is 0 Å². The molecule has 0 saturated carbocycles. The number of aliphatic hydroxyl groups is 2. The Hall–Kier alpha value is -1.12. The summed E-state index contributed by atoms with van der Waals surface area (Å²) in [6.07, 6.45) is 1.40. The third-order valence-corrected chi connectivity index (χ3v) is 5.36. The molecule has 2 aromatic rings. The molecule has 8 heteroatoms. The van der Waals surface area contributed by atoms with E-state index < -0.39 is 6.10 Å². The molecule has 1 fully saturated rings. The molecule has 0 bridgehead atoms. The van der Waals surface area contributed by atoms with Crippen molar-refractivity contribution in [1.29, 1.82) is 0 Å². The standard InChI is InChI=1S/C17H24N4O2S.ClH/c22-11-15(23)12-24-17-20-19-16(14-6-8-18-9-7-14)21(17)10-13-4-2-1-3-5-13;/h1-5,14-15,18,22-23H,6-12H2;1H. The second-order valence-corrected chi connectivity index (χ2v) is 7.07. The Labute approximate surface area is 158 Å². The molecule has 138 valence electrons. The number of piperidine rings is 1. The van der Waals surface area contributed by atoms with Gasteiger partial charge < -0.3 is 20.1 Å². The van der Waals surface area contributed by atoms with Crippen LogP contribution in [-0.2, 0) is 6.54 Å². The number of nitrogens with zero attached hydrogens (tertiary/aromatic N) is 3. The maximum Gasteiger partial charge on any atom is 0.191 e. The van der Waals surface area contributed by atoms with Crippen molar-refractivity contribution in [2.45, 2.75) is 36.6 Å². The number of rotatable bonds is 7. The summed E-state index contributed by atoms with van der Waals surface area (Å²) in [7, 11) is 0. The van der Waals surface area contributed by atoms with E-state index in [4.69, 9.17) is 5.11 Å². The lowest BCUT2D eigenvalue weighted by atomic mass is 9.97. The number of thioether (sulfide) groups is 1. The van der Waals surface area contributed by atoms with Crippen LogP contribution in [0.15, 0.2) is 35.5 Å². The highest BCUT2D eigenvalue weighted by Crippen LogP contribution is 2.28. The third kappa shape index (κ3) is 5.43. The van der Waals surface area contributed by atoms with Crippen molar-refractivity contribution in [3.63, 3.8) is 0 Å². The highest BCUT2D eigenvalue weighted by Gasteiger charge is 2.23. The molecule has 3 rings (SSSR count). The summed E-state index contributed by atoms with van der Waals surface area (Å²) in [6, 6.07) is 10.3. The van der Waals surface area contributed by atoms with Gasteiger partial charge in [0.2, 0.25) is 0 Å². The Bertz CT molecular complexity index is 635. The second-order valence-electron chi connectivity index (χ2n) is 6.08. The smallest absolute Gasteiger partial charge is 0.191 e. The summed E-state index contributed by atoms with van der Waals surface area (Å²) in [4.78, 5) is 0. The summed E-state index contributed by atoms with van der Waals surface area (Å²) in [6.45, 7) is 2.51. The summed E-state index contributed by atoms with van der Waals surface area (Å²) in [5, 5.41) is 31.6. The van der Waals surface area contributed by atoms with Gasteiger partial charge >= 0.3 is 0 Å². The van der Waals surface area contributed by atoms with Crippen LogP contribution < -0.4 is 5.32 Å². The minimum Gasteiger partial charge on any atom is -0.394 e. The minimum atomic E-state index is -0.737. The van der Waals surface area contributed by atoms with Crippen LogP contribution >= 0.6 is 24.2 Å². The van der Waals surface area contributed by atoms with E-state index >= 15 is 0 Å². The van der Waals surface area contributed by atoms with Gasteiger partial charge in [0.15, 0.2) is 5.16 Å². The Morgan fingerprint density at radius 1 is 1.20 bits per heavy atom. The normalized spacial score (nSPS) is 16.4. The number of hydrogen-bond acceptors (Lipinski definition) is 6. The van der Waals surface area contributed by atoms with Crippen molar-refractivity contribution >= 4 is 24.2 Å². The third-order valence-electron chi connectivity index (χ3n) is 4.25. The van der Waals surface area contributed by atoms with Crippen LogP contribution in [0.25, 0.3) is 0 Å². The minimum absolute atomic E-state index is 0. The Morgan fingerprint density at radius 2 is 1.92 bits per heavy atom. The van der Waals surface area contributed by atoms with Crippen molar-refractivity contribution < 1.29 is 10.2 Å². The molecule has 2 heterocycles. The predicted octanol–water partition coefficient (Wildman–Crippen LogP) is 1.66. The maximum absolute atomic E-state index is 9.62. The zero-order valence-corrected chi connectivity index (χ0v) is 15.7. The Kier molecular flexibility index (Phi) is 8.18. The quantitative estimate of drug-likeness (QED) is 0.630. The molecule has 0 spiro atoms. The van der Waals surface area contributed by atoms with Crippen molar-refractivity contribution in [2.24, 2.45) is 0 Å². The van der Waals surface area contributed by atoms with Gasteiger partial charge in [0.25, 0.3) is 0 Å². The number of nitrogens with one attached hydrogen (secondary N) is 1. The lowest BCUT2D eigenvalue weighted by Gasteiger charge is -2.23. The molecule has 1 aromatic heterocycles. The van der Waals surface area contributed by atoms with E-state index in [1.807, 2.05) is 18.2 Å². The molecule has 0 radical (unpaired) electrons. The van der Waals surface area contributed by atoms with Gasteiger partial charge in [-0.25, -0.2) is 0 Å². The van der Waals surface area contributed by atoms with Gasteiger partial charge in [-0.05, 0) is 31.5 Å². The first kappa shape index (κ1) is 20.2. The molecular weight excluding hydrogens is 360 g/mol. The zero-order chi connectivity index (χ0) is 16.8. The molecule has 6 nitrogen and oxygen atoms in total. The van der Waals surface area contributed by atoms with Crippen LogP contribution in [0, 0.1) is 0 Å². The SMILES string of the molecule is Cl.OCC(O)CSc1nnc(C2CCNCC2)n1Cc1ccccc1. The molecule has 1 atom stereocenters. The highest BCUT2D eigenvalue weighted by atomic mass is 35.5. The zero-order valence-electron chi connectivity index (χ0n) is 14.0. The number of aliphatic hydroxyl groups excluding tert-OH is 2. The van der Waals surface area contributed by atoms with Crippen molar-refractivity contribution in [3.8, 4) is 0 Å². The Balaban J connectivity index is 0.00000225. The topological polar surface area (TPSA) is 83.2 Å². The van der Waals surface area contributed by atoms with Gasteiger partial charge in [-0.2, -0.15) is 0 Å². The molecule has 1 aromatic carbocycles. The molecule has 1 saturated heterocycles. The van der Waals surface area contributed by atoms with E-state index in [0.29, 0.717) is 11.7 Å². The van der Waals surface area contributed by atoms with E-state index in [-0.39, 0.29) is 19.0 Å². The Morgan fingerprint density at radius 3 is 2.60 bits per heavy atom. The fraction of sp³-hybridized carbons (Fsp3) is 0.529.